The molecule has 3 nitrogen and oxygen atoms in total. The van der Waals surface area contributed by atoms with Crippen LogP contribution in [0.15, 0.2) is 11.0 Å². The summed E-state index contributed by atoms with van der Waals surface area (Å²) < 4.78 is 26.5. The third kappa shape index (κ3) is 3.57. The Hall–Kier alpha value is -0.390. The summed E-state index contributed by atoms with van der Waals surface area (Å²) in [6.45, 7) is 8.43. The zero-order chi connectivity index (χ0) is 12.3. The molecule has 5 heteroatoms. The Kier molecular flexibility index (Phi) is 4.52. The average Bonchev–Trinajstić information content (AvgIpc) is 2.44. The van der Waals surface area contributed by atoms with Crippen molar-refractivity contribution in [2.45, 2.75) is 39.0 Å². The number of hydrogen-bond acceptors (Lipinski definition) is 3. The van der Waals surface area contributed by atoms with Crippen LogP contribution in [0.1, 0.15) is 30.0 Å². The Morgan fingerprint density at radius 3 is 2.44 bits per heavy atom. The van der Waals surface area contributed by atoms with Crippen molar-refractivity contribution in [1.82, 2.24) is 4.72 Å². The van der Waals surface area contributed by atoms with Crippen LogP contribution >= 0.6 is 11.3 Å². The fraction of sp³-hybridized carbons (Fsp3) is 0.636. The minimum atomic E-state index is -3.31. The minimum absolute atomic E-state index is 0.429. The van der Waals surface area contributed by atoms with Crippen LogP contribution in [0, 0.1) is 19.8 Å². The fourth-order valence-electron chi connectivity index (χ4n) is 1.43. The van der Waals surface area contributed by atoms with Crippen molar-refractivity contribution in [3.8, 4) is 0 Å². The molecule has 0 saturated carbocycles. The highest BCUT2D eigenvalue weighted by molar-refractivity contribution is 7.89. The number of sulfonamides is 1. The Labute approximate surface area is 102 Å². The lowest BCUT2D eigenvalue weighted by molar-refractivity contribution is 0.551. The van der Waals surface area contributed by atoms with E-state index in [1.165, 1.54) is 11.3 Å². The zero-order valence-corrected chi connectivity index (χ0v) is 11.8. The molecule has 0 spiro atoms. The van der Waals surface area contributed by atoms with Gasteiger partial charge in [-0.05, 0) is 32.3 Å². The number of nitrogens with one attached hydrogen (secondary N) is 1. The van der Waals surface area contributed by atoms with Gasteiger partial charge in [-0.25, -0.2) is 13.1 Å². The Morgan fingerprint density at radius 2 is 2.00 bits per heavy atom. The number of hydrogen-bond donors (Lipinski definition) is 1. The third-order valence-electron chi connectivity index (χ3n) is 2.30. The van der Waals surface area contributed by atoms with Crippen molar-refractivity contribution in [2.24, 2.45) is 5.92 Å². The van der Waals surface area contributed by atoms with Gasteiger partial charge in [-0.2, -0.15) is 0 Å². The molecular weight excluding hydrogens is 242 g/mol. The maximum Gasteiger partial charge on any atom is 0.241 e. The fourth-order valence-corrected chi connectivity index (χ4v) is 4.03. The van der Waals surface area contributed by atoms with Crippen LogP contribution in [0.4, 0.5) is 0 Å². The van der Waals surface area contributed by atoms with Gasteiger partial charge in [0, 0.05) is 16.3 Å². The SMILES string of the molecule is Cc1cc(S(=O)(=O)NCCC(C)C)c(C)s1. The van der Waals surface area contributed by atoms with Crippen LogP contribution in [0.3, 0.4) is 0 Å². The summed E-state index contributed by atoms with van der Waals surface area (Å²) in [6.07, 6.45) is 0.862. The van der Waals surface area contributed by atoms with Crippen molar-refractivity contribution in [1.29, 1.82) is 0 Å². The second kappa shape index (κ2) is 5.29. The molecule has 0 aliphatic carbocycles. The maximum absolute atomic E-state index is 11.9. The first-order valence-corrected chi connectivity index (χ1v) is 7.69. The Bertz CT molecular complexity index is 447. The second-order valence-corrected chi connectivity index (χ2v) is 7.55. The molecule has 0 aliphatic heterocycles. The van der Waals surface area contributed by atoms with Gasteiger partial charge in [-0.15, -0.1) is 11.3 Å². The van der Waals surface area contributed by atoms with Gasteiger partial charge in [0.2, 0.25) is 10.0 Å². The zero-order valence-electron chi connectivity index (χ0n) is 10.2. The van der Waals surface area contributed by atoms with E-state index < -0.39 is 10.0 Å². The largest absolute Gasteiger partial charge is 0.241 e. The van der Waals surface area contributed by atoms with Gasteiger partial charge in [0.25, 0.3) is 0 Å². The van der Waals surface area contributed by atoms with Crippen LogP contribution in [0.25, 0.3) is 0 Å². The summed E-state index contributed by atoms with van der Waals surface area (Å²) in [4.78, 5) is 2.31. The van der Waals surface area contributed by atoms with Gasteiger partial charge in [-0.3, -0.25) is 0 Å². The topological polar surface area (TPSA) is 46.2 Å². The van der Waals surface area contributed by atoms with Gasteiger partial charge in [0.1, 0.15) is 0 Å². The summed E-state index contributed by atoms with van der Waals surface area (Å²) in [7, 11) is -3.31. The van der Waals surface area contributed by atoms with Crippen molar-refractivity contribution in [3.63, 3.8) is 0 Å². The van der Waals surface area contributed by atoms with E-state index in [4.69, 9.17) is 0 Å². The predicted octanol–water partition coefficient (Wildman–Crippen LogP) is 2.69. The first kappa shape index (κ1) is 13.7. The second-order valence-electron chi connectivity index (χ2n) is 4.36. The third-order valence-corrected chi connectivity index (χ3v) is 4.98. The molecular formula is C11H19NO2S2. The summed E-state index contributed by atoms with van der Waals surface area (Å²) in [5.74, 6) is 0.507. The molecule has 0 atom stereocenters. The molecule has 1 aromatic rings. The van der Waals surface area contributed by atoms with E-state index in [-0.39, 0.29) is 0 Å². The first-order chi connectivity index (χ1) is 7.33. The summed E-state index contributed by atoms with van der Waals surface area (Å²) in [5.41, 5.74) is 0. The predicted molar refractivity (Wildman–Crippen MR) is 68.4 cm³/mol. The summed E-state index contributed by atoms with van der Waals surface area (Å²) >= 11 is 1.52. The van der Waals surface area contributed by atoms with E-state index in [0.717, 1.165) is 16.2 Å². The van der Waals surface area contributed by atoms with Crippen LogP contribution in [0.2, 0.25) is 0 Å². The highest BCUT2D eigenvalue weighted by Gasteiger charge is 2.18. The van der Waals surface area contributed by atoms with Gasteiger partial charge in [0.05, 0.1) is 4.90 Å². The number of aryl methyl sites for hydroxylation is 2. The molecule has 16 heavy (non-hydrogen) atoms. The quantitative estimate of drug-likeness (QED) is 0.886. The highest BCUT2D eigenvalue weighted by atomic mass is 32.2. The maximum atomic E-state index is 11.9. The smallest absolute Gasteiger partial charge is 0.211 e. The molecule has 0 amide bonds. The number of thiophene rings is 1. The Balaban J connectivity index is 2.75. The van der Waals surface area contributed by atoms with Crippen LogP contribution in [0.5, 0.6) is 0 Å². The molecule has 0 saturated heterocycles. The van der Waals surface area contributed by atoms with Gasteiger partial charge >= 0.3 is 0 Å². The van der Waals surface area contributed by atoms with E-state index in [1.54, 1.807) is 6.07 Å². The minimum Gasteiger partial charge on any atom is -0.211 e. The standard InChI is InChI=1S/C11H19NO2S2/c1-8(2)5-6-12-16(13,14)11-7-9(3)15-10(11)4/h7-8,12H,5-6H2,1-4H3. The molecule has 0 radical (unpaired) electrons. The summed E-state index contributed by atoms with van der Waals surface area (Å²) in [5, 5.41) is 0. The average molecular weight is 261 g/mol. The van der Waals surface area contributed by atoms with Crippen molar-refractivity contribution in [3.05, 3.63) is 15.8 Å². The van der Waals surface area contributed by atoms with Crippen molar-refractivity contribution in [2.75, 3.05) is 6.54 Å². The first-order valence-electron chi connectivity index (χ1n) is 5.39. The number of rotatable bonds is 5. The van der Waals surface area contributed by atoms with Crippen molar-refractivity contribution < 1.29 is 8.42 Å². The van der Waals surface area contributed by atoms with E-state index in [9.17, 15) is 8.42 Å². The molecule has 1 heterocycles. The van der Waals surface area contributed by atoms with Crippen molar-refractivity contribution >= 4 is 21.4 Å². The summed E-state index contributed by atoms with van der Waals surface area (Å²) in [6, 6.07) is 1.73. The molecule has 0 unspecified atom stereocenters. The lowest BCUT2D eigenvalue weighted by Crippen LogP contribution is -2.25. The van der Waals surface area contributed by atoms with Gasteiger partial charge in [-0.1, -0.05) is 13.8 Å². The van der Waals surface area contributed by atoms with Gasteiger partial charge in [0.15, 0.2) is 0 Å². The Morgan fingerprint density at radius 1 is 1.38 bits per heavy atom. The normalized spacial score (nSPS) is 12.3. The molecule has 1 rings (SSSR count). The highest BCUT2D eigenvalue weighted by Crippen LogP contribution is 2.24. The van der Waals surface area contributed by atoms with Gasteiger partial charge < -0.3 is 0 Å². The van der Waals surface area contributed by atoms with Crippen LogP contribution in [-0.4, -0.2) is 15.0 Å². The lowest BCUT2D eigenvalue weighted by atomic mass is 10.1. The van der Waals surface area contributed by atoms with E-state index in [0.29, 0.717) is 17.4 Å². The molecule has 0 fully saturated rings. The molecule has 0 aromatic carbocycles. The molecule has 1 N–H and O–H groups in total. The molecule has 92 valence electrons. The monoisotopic (exact) mass is 261 g/mol. The van der Waals surface area contributed by atoms with E-state index in [1.807, 2.05) is 13.8 Å². The van der Waals surface area contributed by atoms with E-state index in [2.05, 4.69) is 18.6 Å². The molecule has 0 aliphatic rings. The van der Waals surface area contributed by atoms with E-state index >= 15 is 0 Å². The van der Waals surface area contributed by atoms with Crippen LogP contribution in [-0.2, 0) is 10.0 Å². The molecule has 1 aromatic heterocycles. The lowest BCUT2D eigenvalue weighted by Gasteiger charge is -2.07. The molecule has 0 bridgehead atoms. The van der Waals surface area contributed by atoms with Crippen LogP contribution < -0.4 is 4.72 Å².